The van der Waals surface area contributed by atoms with E-state index in [1.165, 1.54) is 12.1 Å². The maximum Gasteiger partial charge on any atom is 0.277 e. The Morgan fingerprint density at radius 3 is 2.57 bits per heavy atom. The molecule has 0 atom stereocenters. The van der Waals surface area contributed by atoms with E-state index in [0.29, 0.717) is 11.5 Å². The molecular formula is C16H14F2N2O3. The lowest BCUT2D eigenvalue weighted by Crippen LogP contribution is -2.24. The van der Waals surface area contributed by atoms with Crippen molar-refractivity contribution >= 4 is 12.1 Å². The molecule has 2 aromatic rings. The van der Waals surface area contributed by atoms with Crippen molar-refractivity contribution in [2.45, 2.75) is 0 Å². The number of rotatable bonds is 6. The lowest BCUT2D eigenvalue weighted by molar-refractivity contribution is -0.123. The average Bonchev–Trinajstić information content (AvgIpc) is 2.57. The SMILES string of the molecule is COc1ccc(OCC(=O)NN=Cc2cccc(F)c2F)cc1. The molecule has 0 heterocycles. The molecule has 2 rings (SSSR count). The van der Waals surface area contributed by atoms with Crippen molar-refractivity contribution in [1.29, 1.82) is 0 Å². The van der Waals surface area contributed by atoms with Crippen molar-refractivity contribution in [3.05, 3.63) is 59.7 Å². The molecule has 0 aliphatic rings. The first-order valence-electron chi connectivity index (χ1n) is 6.63. The number of nitrogens with one attached hydrogen (secondary N) is 1. The van der Waals surface area contributed by atoms with E-state index >= 15 is 0 Å². The minimum absolute atomic E-state index is 0.0682. The van der Waals surface area contributed by atoms with Crippen molar-refractivity contribution < 1.29 is 23.0 Å². The molecule has 1 N–H and O–H groups in total. The van der Waals surface area contributed by atoms with Gasteiger partial charge in [-0.25, -0.2) is 14.2 Å². The molecule has 23 heavy (non-hydrogen) atoms. The highest BCUT2D eigenvalue weighted by molar-refractivity contribution is 5.83. The molecule has 1 amide bonds. The maximum absolute atomic E-state index is 13.3. The Balaban J connectivity index is 1.82. The highest BCUT2D eigenvalue weighted by atomic mass is 19.2. The number of carbonyl (C=O) groups is 1. The molecule has 2 aromatic carbocycles. The van der Waals surface area contributed by atoms with Gasteiger partial charge < -0.3 is 9.47 Å². The van der Waals surface area contributed by atoms with Crippen LogP contribution >= 0.6 is 0 Å². The Morgan fingerprint density at radius 2 is 1.87 bits per heavy atom. The predicted octanol–water partition coefficient (Wildman–Crippen LogP) is 2.50. The zero-order valence-corrected chi connectivity index (χ0v) is 12.3. The van der Waals surface area contributed by atoms with Crippen LogP contribution in [0.4, 0.5) is 8.78 Å². The normalized spacial score (nSPS) is 10.6. The molecule has 0 bridgehead atoms. The number of methoxy groups -OCH3 is 1. The first kappa shape index (κ1) is 16.4. The second-order valence-corrected chi connectivity index (χ2v) is 4.40. The van der Waals surface area contributed by atoms with E-state index in [9.17, 15) is 13.6 Å². The smallest absolute Gasteiger partial charge is 0.277 e. The summed E-state index contributed by atoms with van der Waals surface area (Å²) in [6.07, 6.45) is 1.02. The Labute approximate surface area is 131 Å². The fourth-order valence-corrected chi connectivity index (χ4v) is 1.65. The molecule has 0 aromatic heterocycles. The van der Waals surface area contributed by atoms with Gasteiger partial charge in [-0.05, 0) is 30.3 Å². The highest BCUT2D eigenvalue weighted by Gasteiger charge is 2.05. The second-order valence-electron chi connectivity index (χ2n) is 4.40. The van der Waals surface area contributed by atoms with E-state index < -0.39 is 17.5 Å². The van der Waals surface area contributed by atoms with Crippen molar-refractivity contribution in [3.8, 4) is 11.5 Å². The number of hydrogen-bond acceptors (Lipinski definition) is 4. The zero-order valence-electron chi connectivity index (χ0n) is 12.3. The summed E-state index contributed by atoms with van der Waals surface area (Å²) in [6, 6.07) is 10.4. The minimum Gasteiger partial charge on any atom is -0.497 e. The van der Waals surface area contributed by atoms with Crippen LogP contribution in [0.15, 0.2) is 47.6 Å². The third kappa shape index (κ3) is 4.77. The van der Waals surface area contributed by atoms with Gasteiger partial charge in [0.15, 0.2) is 18.2 Å². The topological polar surface area (TPSA) is 59.9 Å². The lowest BCUT2D eigenvalue weighted by Gasteiger charge is -2.05. The van der Waals surface area contributed by atoms with Crippen LogP contribution in [0, 0.1) is 11.6 Å². The van der Waals surface area contributed by atoms with Gasteiger partial charge in [0.2, 0.25) is 0 Å². The molecule has 120 valence electrons. The zero-order chi connectivity index (χ0) is 16.7. The van der Waals surface area contributed by atoms with Gasteiger partial charge in [0.1, 0.15) is 11.5 Å². The van der Waals surface area contributed by atoms with E-state index in [4.69, 9.17) is 9.47 Å². The second kappa shape index (κ2) is 7.88. The third-order valence-corrected chi connectivity index (χ3v) is 2.80. The number of hydrogen-bond donors (Lipinski definition) is 1. The molecule has 7 heteroatoms. The van der Waals surface area contributed by atoms with E-state index in [1.807, 2.05) is 0 Å². The fraction of sp³-hybridized carbons (Fsp3) is 0.125. The molecule has 0 fully saturated rings. The van der Waals surface area contributed by atoms with Gasteiger partial charge in [-0.2, -0.15) is 5.10 Å². The summed E-state index contributed by atoms with van der Waals surface area (Å²) in [4.78, 5) is 11.5. The molecular weight excluding hydrogens is 306 g/mol. The van der Waals surface area contributed by atoms with Gasteiger partial charge in [0.25, 0.3) is 5.91 Å². The number of carbonyl (C=O) groups excluding carboxylic acids is 1. The van der Waals surface area contributed by atoms with Gasteiger partial charge in [-0.15, -0.1) is 0 Å². The molecule has 0 saturated carbocycles. The Kier molecular flexibility index (Phi) is 5.62. The minimum atomic E-state index is -1.03. The standard InChI is InChI=1S/C16H14F2N2O3/c1-22-12-5-7-13(8-6-12)23-10-15(21)20-19-9-11-3-2-4-14(17)16(11)18/h2-9H,10H2,1H3,(H,20,21). The summed E-state index contributed by atoms with van der Waals surface area (Å²) >= 11 is 0. The summed E-state index contributed by atoms with van der Waals surface area (Å²) in [7, 11) is 1.54. The summed E-state index contributed by atoms with van der Waals surface area (Å²) in [6.45, 7) is -0.269. The molecule has 5 nitrogen and oxygen atoms in total. The van der Waals surface area contributed by atoms with E-state index in [1.54, 1.807) is 31.4 Å². The maximum atomic E-state index is 13.3. The van der Waals surface area contributed by atoms with Crippen LogP contribution in [-0.4, -0.2) is 25.8 Å². The van der Waals surface area contributed by atoms with Crippen LogP contribution < -0.4 is 14.9 Å². The summed E-state index contributed by atoms with van der Waals surface area (Å²) in [5, 5.41) is 3.55. The van der Waals surface area contributed by atoms with Crippen LogP contribution in [0.5, 0.6) is 11.5 Å². The van der Waals surface area contributed by atoms with Crippen LogP contribution in [0.3, 0.4) is 0 Å². The molecule has 0 spiro atoms. The largest absolute Gasteiger partial charge is 0.497 e. The van der Waals surface area contributed by atoms with Crippen LogP contribution in [0.25, 0.3) is 0 Å². The molecule has 0 unspecified atom stereocenters. The predicted molar refractivity (Wildman–Crippen MR) is 80.6 cm³/mol. The number of amides is 1. The number of nitrogens with zero attached hydrogens (tertiary/aromatic N) is 1. The van der Waals surface area contributed by atoms with Gasteiger partial charge in [-0.3, -0.25) is 4.79 Å². The van der Waals surface area contributed by atoms with Crippen molar-refractivity contribution in [1.82, 2.24) is 5.43 Å². The van der Waals surface area contributed by atoms with Gasteiger partial charge in [0, 0.05) is 5.56 Å². The summed E-state index contributed by atoms with van der Waals surface area (Å²) in [5.41, 5.74) is 2.09. The van der Waals surface area contributed by atoms with E-state index in [2.05, 4.69) is 10.5 Å². The lowest BCUT2D eigenvalue weighted by atomic mass is 10.2. The van der Waals surface area contributed by atoms with Gasteiger partial charge in [-0.1, -0.05) is 12.1 Å². The van der Waals surface area contributed by atoms with Crippen LogP contribution in [-0.2, 0) is 4.79 Å². The quantitative estimate of drug-likeness (QED) is 0.657. The Bertz CT molecular complexity index is 703. The van der Waals surface area contributed by atoms with Crippen molar-refractivity contribution in [3.63, 3.8) is 0 Å². The van der Waals surface area contributed by atoms with Crippen molar-refractivity contribution in [2.75, 3.05) is 13.7 Å². The molecule has 0 radical (unpaired) electrons. The first-order valence-corrected chi connectivity index (χ1v) is 6.63. The molecule has 0 aliphatic heterocycles. The average molecular weight is 320 g/mol. The molecule has 0 saturated heterocycles. The Hall–Kier alpha value is -2.96. The number of benzene rings is 2. The van der Waals surface area contributed by atoms with E-state index in [-0.39, 0.29) is 12.2 Å². The monoisotopic (exact) mass is 320 g/mol. The van der Waals surface area contributed by atoms with E-state index in [0.717, 1.165) is 12.3 Å². The molecule has 0 aliphatic carbocycles. The summed E-state index contributed by atoms with van der Waals surface area (Å²) in [5.74, 6) is -1.39. The van der Waals surface area contributed by atoms with Gasteiger partial charge in [0.05, 0.1) is 13.3 Å². The summed E-state index contributed by atoms with van der Waals surface area (Å²) < 4.78 is 36.6. The van der Waals surface area contributed by atoms with Gasteiger partial charge >= 0.3 is 0 Å². The third-order valence-electron chi connectivity index (χ3n) is 2.80. The number of hydrazone groups is 1. The van der Waals surface area contributed by atoms with Crippen LogP contribution in [0.2, 0.25) is 0 Å². The number of ether oxygens (including phenoxy) is 2. The first-order chi connectivity index (χ1) is 11.1. The van der Waals surface area contributed by atoms with Crippen LogP contribution in [0.1, 0.15) is 5.56 Å². The van der Waals surface area contributed by atoms with Crippen molar-refractivity contribution in [2.24, 2.45) is 5.10 Å². The fourth-order valence-electron chi connectivity index (χ4n) is 1.65. The highest BCUT2D eigenvalue weighted by Crippen LogP contribution is 2.16. The Morgan fingerprint density at radius 1 is 1.17 bits per heavy atom. The number of halogens is 2.